The van der Waals surface area contributed by atoms with Gasteiger partial charge in [0.25, 0.3) is 0 Å². The Hall–Kier alpha value is 0.250. The molecule has 1 aliphatic rings. The molecule has 0 aromatic carbocycles. The Kier molecular flexibility index (Phi) is 8.32. The van der Waals surface area contributed by atoms with E-state index in [0.29, 0.717) is 0 Å². The van der Waals surface area contributed by atoms with Crippen molar-refractivity contribution in [2.24, 2.45) is 5.92 Å². The second-order valence-corrected chi connectivity index (χ2v) is 5.55. The van der Waals surface area contributed by atoms with Crippen LogP contribution in [0.1, 0.15) is 58.3 Å². The topological polar surface area (TPSA) is 3.24 Å². The third-order valence-electron chi connectivity index (χ3n) is 3.75. The number of alkyl halides is 1. The second kappa shape index (κ2) is 9.30. The molecule has 1 rings (SSSR count). The van der Waals surface area contributed by atoms with Gasteiger partial charge in [0, 0.05) is 5.88 Å². The van der Waals surface area contributed by atoms with Gasteiger partial charge in [0.2, 0.25) is 0 Å². The van der Waals surface area contributed by atoms with Crippen molar-refractivity contribution in [1.82, 2.24) is 4.90 Å². The predicted octanol–water partition coefficient (Wildman–Crippen LogP) is 4.30. The number of halogens is 1. The zero-order chi connectivity index (χ0) is 11.6. The summed E-state index contributed by atoms with van der Waals surface area (Å²) < 4.78 is 0. The number of unbranched alkanes of at least 4 members (excludes halogenated alkanes) is 2. The fourth-order valence-electron chi connectivity index (χ4n) is 2.75. The summed E-state index contributed by atoms with van der Waals surface area (Å²) in [6.45, 7) is 6.29. The van der Waals surface area contributed by atoms with Gasteiger partial charge in [0.15, 0.2) is 0 Å². The molecule has 0 spiro atoms. The van der Waals surface area contributed by atoms with Crippen LogP contribution < -0.4 is 0 Å². The average molecular weight is 246 g/mol. The molecule has 1 nitrogen and oxygen atoms in total. The number of hydrogen-bond acceptors (Lipinski definition) is 1. The van der Waals surface area contributed by atoms with Crippen LogP contribution in [0.3, 0.4) is 0 Å². The van der Waals surface area contributed by atoms with E-state index < -0.39 is 0 Å². The van der Waals surface area contributed by atoms with Gasteiger partial charge in [-0.3, -0.25) is 0 Å². The van der Waals surface area contributed by atoms with Crippen LogP contribution in [0.25, 0.3) is 0 Å². The summed E-state index contributed by atoms with van der Waals surface area (Å²) in [5.41, 5.74) is 0. The van der Waals surface area contributed by atoms with Crippen molar-refractivity contribution in [3.05, 3.63) is 0 Å². The lowest BCUT2D eigenvalue weighted by Crippen LogP contribution is -2.26. The van der Waals surface area contributed by atoms with Gasteiger partial charge < -0.3 is 4.90 Å². The highest BCUT2D eigenvalue weighted by Crippen LogP contribution is 2.22. The molecule has 16 heavy (non-hydrogen) atoms. The van der Waals surface area contributed by atoms with Gasteiger partial charge in [-0.1, -0.05) is 26.2 Å². The standard InChI is InChI=1S/C14H28ClN/c1-2-7-14-8-6-12-16(13-9-14)11-5-3-4-10-15/h14H,2-13H2,1H3. The Labute approximate surface area is 107 Å². The zero-order valence-electron chi connectivity index (χ0n) is 10.9. The first kappa shape index (κ1) is 14.3. The summed E-state index contributed by atoms with van der Waals surface area (Å²) in [6.07, 6.45) is 11.0. The normalized spacial score (nSPS) is 23.2. The molecule has 1 heterocycles. The predicted molar refractivity (Wildman–Crippen MR) is 73.3 cm³/mol. The Bertz CT molecular complexity index is 161. The van der Waals surface area contributed by atoms with Crippen LogP contribution in [0.4, 0.5) is 0 Å². The fourth-order valence-corrected chi connectivity index (χ4v) is 2.94. The monoisotopic (exact) mass is 245 g/mol. The van der Waals surface area contributed by atoms with Crippen molar-refractivity contribution in [3.63, 3.8) is 0 Å². The second-order valence-electron chi connectivity index (χ2n) is 5.18. The van der Waals surface area contributed by atoms with Gasteiger partial charge in [0.05, 0.1) is 0 Å². The third-order valence-corrected chi connectivity index (χ3v) is 4.01. The van der Waals surface area contributed by atoms with E-state index in [1.165, 1.54) is 71.0 Å². The van der Waals surface area contributed by atoms with Gasteiger partial charge in [-0.15, -0.1) is 11.6 Å². The van der Waals surface area contributed by atoms with Gasteiger partial charge in [-0.05, 0) is 57.7 Å². The Morgan fingerprint density at radius 3 is 2.75 bits per heavy atom. The van der Waals surface area contributed by atoms with Crippen molar-refractivity contribution in [2.45, 2.75) is 58.3 Å². The molecule has 0 aromatic heterocycles. The molecule has 1 fully saturated rings. The Morgan fingerprint density at radius 2 is 2.00 bits per heavy atom. The van der Waals surface area contributed by atoms with Gasteiger partial charge in [0.1, 0.15) is 0 Å². The molecule has 0 aliphatic carbocycles. The van der Waals surface area contributed by atoms with E-state index in [2.05, 4.69) is 11.8 Å². The van der Waals surface area contributed by atoms with Crippen molar-refractivity contribution < 1.29 is 0 Å². The van der Waals surface area contributed by atoms with E-state index in [4.69, 9.17) is 11.6 Å². The van der Waals surface area contributed by atoms with E-state index in [9.17, 15) is 0 Å². The van der Waals surface area contributed by atoms with Crippen LogP contribution >= 0.6 is 11.6 Å². The van der Waals surface area contributed by atoms with Crippen molar-refractivity contribution >= 4 is 11.6 Å². The van der Waals surface area contributed by atoms with Crippen LogP contribution in [0.2, 0.25) is 0 Å². The molecule has 0 aromatic rings. The summed E-state index contributed by atoms with van der Waals surface area (Å²) in [5.74, 6) is 1.84. The maximum Gasteiger partial charge on any atom is 0.0223 e. The van der Waals surface area contributed by atoms with Gasteiger partial charge in [-0.25, -0.2) is 0 Å². The molecular weight excluding hydrogens is 218 g/mol. The van der Waals surface area contributed by atoms with Gasteiger partial charge in [-0.2, -0.15) is 0 Å². The summed E-state index contributed by atoms with van der Waals surface area (Å²) in [4.78, 5) is 2.67. The Morgan fingerprint density at radius 1 is 1.12 bits per heavy atom. The minimum Gasteiger partial charge on any atom is -0.303 e. The Balaban J connectivity index is 2.10. The molecule has 0 amide bonds. The fraction of sp³-hybridized carbons (Fsp3) is 1.00. The highest BCUT2D eigenvalue weighted by atomic mass is 35.5. The summed E-state index contributed by atoms with van der Waals surface area (Å²) in [7, 11) is 0. The largest absolute Gasteiger partial charge is 0.303 e. The molecule has 1 atom stereocenters. The first-order valence-electron chi connectivity index (χ1n) is 7.15. The van der Waals surface area contributed by atoms with Crippen LogP contribution in [0, 0.1) is 5.92 Å². The van der Waals surface area contributed by atoms with Crippen LogP contribution in [-0.2, 0) is 0 Å². The molecule has 1 aliphatic heterocycles. The molecule has 0 N–H and O–H groups in total. The van der Waals surface area contributed by atoms with Crippen LogP contribution in [0.5, 0.6) is 0 Å². The van der Waals surface area contributed by atoms with Gasteiger partial charge >= 0.3 is 0 Å². The maximum atomic E-state index is 5.69. The molecule has 0 saturated carbocycles. The van der Waals surface area contributed by atoms with E-state index in [1.807, 2.05) is 0 Å². The highest BCUT2D eigenvalue weighted by molar-refractivity contribution is 6.17. The lowest BCUT2D eigenvalue weighted by Gasteiger charge is -2.19. The molecule has 1 saturated heterocycles. The first-order valence-corrected chi connectivity index (χ1v) is 7.68. The lowest BCUT2D eigenvalue weighted by atomic mass is 9.96. The quantitative estimate of drug-likeness (QED) is 0.478. The average Bonchev–Trinajstić information content (AvgIpc) is 2.51. The van der Waals surface area contributed by atoms with E-state index in [-0.39, 0.29) is 0 Å². The van der Waals surface area contributed by atoms with Crippen molar-refractivity contribution in [1.29, 1.82) is 0 Å². The minimum atomic E-state index is 0.832. The maximum absolute atomic E-state index is 5.69. The van der Waals surface area contributed by atoms with E-state index in [1.54, 1.807) is 0 Å². The number of rotatable bonds is 7. The molecule has 2 heteroatoms. The number of hydrogen-bond donors (Lipinski definition) is 0. The number of nitrogens with zero attached hydrogens (tertiary/aromatic N) is 1. The lowest BCUT2D eigenvalue weighted by molar-refractivity contribution is 0.273. The third kappa shape index (κ3) is 6.10. The summed E-state index contributed by atoms with van der Waals surface area (Å²) >= 11 is 5.69. The van der Waals surface area contributed by atoms with Crippen molar-refractivity contribution in [2.75, 3.05) is 25.5 Å². The van der Waals surface area contributed by atoms with E-state index in [0.717, 1.165) is 11.8 Å². The summed E-state index contributed by atoms with van der Waals surface area (Å²) in [5, 5.41) is 0. The van der Waals surface area contributed by atoms with Crippen LogP contribution in [0.15, 0.2) is 0 Å². The molecule has 0 radical (unpaired) electrons. The SMILES string of the molecule is CCCC1CCCN(CCCCCCl)CC1. The first-order chi connectivity index (χ1) is 7.86. The smallest absolute Gasteiger partial charge is 0.0223 e. The van der Waals surface area contributed by atoms with Crippen molar-refractivity contribution in [3.8, 4) is 0 Å². The van der Waals surface area contributed by atoms with E-state index >= 15 is 0 Å². The van der Waals surface area contributed by atoms with Crippen LogP contribution in [-0.4, -0.2) is 30.4 Å². The molecule has 1 unspecified atom stereocenters. The molecule has 96 valence electrons. The molecule has 0 bridgehead atoms. The summed E-state index contributed by atoms with van der Waals surface area (Å²) in [6, 6.07) is 0. The number of likely N-dealkylation sites (tertiary alicyclic amines) is 1. The zero-order valence-corrected chi connectivity index (χ0v) is 11.6. The molecular formula is C14H28ClN. The minimum absolute atomic E-state index is 0.832. The highest BCUT2D eigenvalue weighted by Gasteiger charge is 2.15.